The summed E-state index contributed by atoms with van der Waals surface area (Å²) in [6.07, 6.45) is 4.20. The lowest BCUT2D eigenvalue weighted by molar-refractivity contribution is -0.118. The lowest BCUT2D eigenvalue weighted by Crippen LogP contribution is -2.26. The van der Waals surface area contributed by atoms with Gasteiger partial charge in [0.15, 0.2) is 0 Å². The van der Waals surface area contributed by atoms with Gasteiger partial charge in [-0.25, -0.2) is 4.98 Å². The fourth-order valence-electron chi connectivity index (χ4n) is 0.802. The number of halogens is 1. The number of hydrogen-bond acceptors (Lipinski definition) is 2. The summed E-state index contributed by atoms with van der Waals surface area (Å²) >= 11 is 3.06. The second kappa shape index (κ2) is 4.92. The number of carbonyl (C=O) groups excluding carboxylic acids is 1. The summed E-state index contributed by atoms with van der Waals surface area (Å²) in [6.45, 7) is 0.623. The van der Waals surface area contributed by atoms with E-state index < -0.39 is 0 Å². The predicted octanol–water partition coefficient (Wildman–Crippen LogP) is 0.463. The van der Waals surface area contributed by atoms with Crippen LogP contribution in [0.25, 0.3) is 0 Å². The molecule has 1 rings (SSSR count). The van der Waals surface area contributed by atoms with Crippen LogP contribution in [-0.4, -0.2) is 27.7 Å². The molecule has 0 atom stereocenters. The van der Waals surface area contributed by atoms with Gasteiger partial charge in [0.05, 0.1) is 5.33 Å². The van der Waals surface area contributed by atoms with Crippen LogP contribution in [0.3, 0.4) is 0 Å². The lowest BCUT2D eigenvalue weighted by atomic mass is 10.4. The Morgan fingerprint density at radius 3 is 3.17 bits per heavy atom. The second-order valence-corrected chi connectivity index (χ2v) is 2.83. The average molecular weight is 232 g/mol. The predicted molar refractivity (Wildman–Crippen MR) is 49.1 cm³/mol. The van der Waals surface area contributed by atoms with Crippen LogP contribution < -0.4 is 5.32 Å². The number of rotatable bonds is 4. The first kappa shape index (κ1) is 9.25. The Morgan fingerprint density at radius 2 is 2.58 bits per heavy atom. The first-order valence-corrected chi connectivity index (χ1v) is 4.76. The van der Waals surface area contributed by atoms with Gasteiger partial charge in [0.25, 0.3) is 0 Å². The molecule has 4 nitrogen and oxygen atoms in total. The number of alkyl halides is 1. The van der Waals surface area contributed by atoms with Crippen LogP contribution in [0.2, 0.25) is 0 Å². The minimum atomic E-state index is 0.00144. The van der Waals surface area contributed by atoms with Crippen molar-refractivity contribution >= 4 is 21.8 Å². The van der Waals surface area contributed by atoms with Crippen molar-refractivity contribution < 1.29 is 4.79 Å². The third kappa shape index (κ3) is 3.04. The molecule has 0 aliphatic carbocycles. The fourth-order valence-corrected chi connectivity index (χ4v) is 1.00. The van der Waals surface area contributed by atoms with Gasteiger partial charge >= 0.3 is 0 Å². The molecular weight excluding hydrogens is 222 g/mol. The highest BCUT2D eigenvalue weighted by Gasteiger charge is 1.97. The lowest BCUT2D eigenvalue weighted by Gasteiger charge is -1.99. The van der Waals surface area contributed by atoms with Crippen molar-refractivity contribution in [1.82, 2.24) is 15.3 Å². The van der Waals surface area contributed by atoms with Crippen LogP contribution in [0.5, 0.6) is 0 Å². The third-order valence-electron chi connectivity index (χ3n) is 1.36. The van der Waals surface area contributed by atoms with Crippen LogP contribution in [0, 0.1) is 0 Å². The minimum Gasteiger partial charge on any atom is -0.355 e. The van der Waals surface area contributed by atoms with Crippen molar-refractivity contribution in [2.45, 2.75) is 6.42 Å². The highest BCUT2D eigenvalue weighted by molar-refractivity contribution is 9.09. The van der Waals surface area contributed by atoms with Gasteiger partial charge in [-0.3, -0.25) is 4.79 Å². The third-order valence-corrected chi connectivity index (χ3v) is 1.87. The Hall–Kier alpha value is -0.840. The van der Waals surface area contributed by atoms with Crippen LogP contribution in [0.4, 0.5) is 0 Å². The number of amides is 1. The minimum absolute atomic E-state index is 0.00144. The molecule has 0 saturated carbocycles. The van der Waals surface area contributed by atoms with Crippen molar-refractivity contribution in [1.29, 1.82) is 0 Å². The molecule has 0 spiro atoms. The molecule has 5 heteroatoms. The molecule has 66 valence electrons. The summed E-state index contributed by atoms with van der Waals surface area (Å²) in [7, 11) is 0. The zero-order valence-electron chi connectivity index (χ0n) is 6.51. The Morgan fingerprint density at radius 1 is 1.75 bits per heavy atom. The molecule has 1 aromatic rings. The van der Waals surface area contributed by atoms with E-state index in [1.165, 1.54) is 0 Å². The Balaban J connectivity index is 2.15. The number of imidazole rings is 1. The SMILES string of the molecule is O=C(CBr)NCCc1ncc[nH]1. The Kier molecular flexibility index (Phi) is 3.79. The van der Waals surface area contributed by atoms with Crippen molar-refractivity contribution in [2.24, 2.45) is 0 Å². The zero-order chi connectivity index (χ0) is 8.81. The molecule has 0 bridgehead atoms. The van der Waals surface area contributed by atoms with E-state index in [9.17, 15) is 4.79 Å². The van der Waals surface area contributed by atoms with Crippen molar-refractivity contribution in [3.05, 3.63) is 18.2 Å². The van der Waals surface area contributed by atoms with E-state index >= 15 is 0 Å². The van der Waals surface area contributed by atoms with Crippen molar-refractivity contribution in [2.75, 3.05) is 11.9 Å². The Bertz CT molecular complexity index is 235. The van der Waals surface area contributed by atoms with Gasteiger partial charge in [0.1, 0.15) is 5.82 Å². The molecule has 0 aromatic carbocycles. The van der Waals surface area contributed by atoms with Gasteiger partial charge in [-0.1, -0.05) is 15.9 Å². The van der Waals surface area contributed by atoms with Crippen LogP contribution in [0.15, 0.2) is 12.4 Å². The number of hydrogen-bond donors (Lipinski definition) is 2. The summed E-state index contributed by atoms with van der Waals surface area (Å²) in [4.78, 5) is 17.7. The maximum Gasteiger partial charge on any atom is 0.230 e. The molecule has 0 fully saturated rings. The molecule has 2 N–H and O–H groups in total. The monoisotopic (exact) mass is 231 g/mol. The van der Waals surface area contributed by atoms with Gasteiger partial charge in [0.2, 0.25) is 5.91 Å². The molecule has 12 heavy (non-hydrogen) atoms. The normalized spacial score (nSPS) is 9.75. The van der Waals surface area contributed by atoms with Gasteiger partial charge in [-0.05, 0) is 0 Å². The maximum atomic E-state index is 10.8. The summed E-state index contributed by atoms with van der Waals surface area (Å²) in [5.74, 6) is 0.895. The van der Waals surface area contributed by atoms with E-state index in [1.54, 1.807) is 12.4 Å². The fraction of sp³-hybridized carbons (Fsp3) is 0.429. The summed E-state index contributed by atoms with van der Waals surface area (Å²) in [6, 6.07) is 0. The summed E-state index contributed by atoms with van der Waals surface area (Å²) < 4.78 is 0. The molecule has 0 radical (unpaired) electrons. The van der Waals surface area contributed by atoms with Crippen molar-refractivity contribution in [3.63, 3.8) is 0 Å². The summed E-state index contributed by atoms with van der Waals surface area (Å²) in [5, 5.41) is 3.08. The molecule has 0 aliphatic rings. The number of nitrogens with zero attached hydrogens (tertiary/aromatic N) is 1. The molecule has 0 saturated heterocycles. The molecule has 0 aliphatic heterocycles. The maximum absolute atomic E-state index is 10.8. The number of nitrogens with one attached hydrogen (secondary N) is 2. The smallest absolute Gasteiger partial charge is 0.230 e. The van der Waals surface area contributed by atoms with Gasteiger partial charge in [0, 0.05) is 25.4 Å². The second-order valence-electron chi connectivity index (χ2n) is 2.27. The molecule has 1 heterocycles. The summed E-state index contributed by atoms with van der Waals surface area (Å²) in [5.41, 5.74) is 0. The number of aromatic amines is 1. The molecular formula is C7H10BrN3O. The van der Waals surface area contributed by atoms with Crippen LogP contribution >= 0.6 is 15.9 Å². The quantitative estimate of drug-likeness (QED) is 0.741. The Labute approximate surface area is 78.9 Å². The molecule has 1 amide bonds. The number of H-pyrrole nitrogens is 1. The standard InChI is InChI=1S/C7H10BrN3O/c8-5-7(12)11-2-1-6-9-3-4-10-6/h3-4H,1-2,5H2,(H,9,10)(H,11,12). The van der Waals surface area contributed by atoms with Gasteiger partial charge in [-0.15, -0.1) is 0 Å². The first-order valence-electron chi connectivity index (χ1n) is 3.64. The first-order chi connectivity index (χ1) is 5.83. The van der Waals surface area contributed by atoms with Crippen LogP contribution in [-0.2, 0) is 11.2 Å². The van der Waals surface area contributed by atoms with E-state index in [1.807, 2.05) is 0 Å². The molecule has 0 unspecified atom stereocenters. The average Bonchev–Trinajstić information content (AvgIpc) is 2.57. The van der Waals surface area contributed by atoms with Crippen LogP contribution in [0.1, 0.15) is 5.82 Å². The van der Waals surface area contributed by atoms with E-state index in [0.717, 1.165) is 12.2 Å². The number of carbonyl (C=O) groups is 1. The topological polar surface area (TPSA) is 57.8 Å². The van der Waals surface area contributed by atoms with Gasteiger partial charge in [-0.2, -0.15) is 0 Å². The largest absolute Gasteiger partial charge is 0.355 e. The number of aromatic nitrogens is 2. The molecule has 1 aromatic heterocycles. The van der Waals surface area contributed by atoms with Crippen molar-refractivity contribution in [3.8, 4) is 0 Å². The zero-order valence-corrected chi connectivity index (χ0v) is 8.10. The van der Waals surface area contributed by atoms with Gasteiger partial charge < -0.3 is 10.3 Å². The van der Waals surface area contributed by atoms with E-state index in [2.05, 4.69) is 31.2 Å². The van der Waals surface area contributed by atoms with E-state index in [4.69, 9.17) is 0 Å². The van der Waals surface area contributed by atoms with E-state index in [0.29, 0.717) is 11.9 Å². The highest BCUT2D eigenvalue weighted by Crippen LogP contribution is 1.88. The highest BCUT2D eigenvalue weighted by atomic mass is 79.9. The van der Waals surface area contributed by atoms with E-state index in [-0.39, 0.29) is 5.91 Å².